The largest absolute Gasteiger partial charge is 0.459 e. The Morgan fingerprint density at radius 1 is 1.32 bits per heavy atom. The smallest absolute Gasteiger partial charge is 0.334 e. The highest BCUT2D eigenvalue weighted by atomic mass is 17.2. The molecule has 1 aliphatic carbocycles. The van der Waals surface area contributed by atoms with Crippen molar-refractivity contribution in [3.63, 3.8) is 0 Å². The third-order valence-electron chi connectivity index (χ3n) is 6.05. The van der Waals surface area contributed by atoms with Crippen molar-refractivity contribution in [3.8, 4) is 0 Å². The second-order valence-electron chi connectivity index (χ2n) is 8.35. The fourth-order valence-electron chi connectivity index (χ4n) is 4.11. The van der Waals surface area contributed by atoms with Gasteiger partial charge in [0.15, 0.2) is 0 Å². The number of rotatable bonds is 1. The van der Waals surface area contributed by atoms with E-state index in [0.717, 1.165) is 24.0 Å². The highest BCUT2D eigenvalue weighted by Crippen LogP contribution is 2.38. The summed E-state index contributed by atoms with van der Waals surface area (Å²) in [7, 11) is 0. The van der Waals surface area contributed by atoms with Gasteiger partial charge in [0, 0.05) is 18.4 Å². The number of hydrogen-bond acceptors (Lipinski definition) is 6. The van der Waals surface area contributed by atoms with Crippen LogP contribution in [0.4, 0.5) is 0 Å². The van der Waals surface area contributed by atoms with Crippen molar-refractivity contribution in [2.24, 2.45) is 5.92 Å². The molecule has 0 N–H and O–H groups in total. The van der Waals surface area contributed by atoms with E-state index in [4.69, 9.17) is 19.2 Å². The third-order valence-corrected chi connectivity index (χ3v) is 6.05. The van der Waals surface area contributed by atoms with E-state index >= 15 is 0 Å². The molecule has 4 rings (SSSR count). The first-order chi connectivity index (χ1) is 13.2. The minimum atomic E-state index is -0.691. The van der Waals surface area contributed by atoms with Gasteiger partial charge < -0.3 is 9.47 Å². The van der Waals surface area contributed by atoms with E-state index in [0.29, 0.717) is 24.8 Å². The van der Waals surface area contributed by atoms with E-state index in [1.54, 1.807) is 0 Å². The van der Waals surface area contributed by atoms with Crippen LogP contribution in [0.1, 0.15) is 59.8 Å². The Labute approximate surface area is 166 Å². The topological polar surface area (TPSA) is 71.1 Å². The number of hydrogen-bond donors (Lipinski definition) is 0. The van der Waals surface area contributed by atoms with E-state index < -0.39 is 11.7 Å². The molecule has 0 amide bonds. The number of fused-ring (bicyclic) bond motifs is 6. The van der Waals surface area contributed by atoms with E-state index in [1.807, 2.05) is 26.8 Å². The maximum Gasteiger partial charge on any atom is 0.334 e. The fourth-order valence-corrected chi connectivity index (χ4v) is 4.11. The summed E-state index contributed by atoms with van der Waals surface area (Å²) in [5, 5.41) is 0. The van der Waals surface area contributed by atoms with Crippen LogP contribution in [0.15, 0.2) is 35.5 Å². The molecule has 0 saturated carbocycles. The van der Waals surface area contributed by atoms with Gasteiger partial charge in [0.2, 0.25) is 0 Å². The van der Waals surface area contributed by atoms with Crippen LogP contribution in [0.2, 0.25) is 0 Å². The van der Waals surface area contributed by atoms with Crippen molar-refractivity contribution in [1.29, 1.82) is 0 Å². The van der Waals surface area contributed by atoms with Gasteiger partial charge in [-0.25, -0.2) is 14.6 Å². The monoisotopic (exact) mass is 390 g/mol. The van der Waals surface area contributed by atoms with E-state index in [9.17, 15) is 9.59 Å². The van der Waals surface area contributed by atoms with Gasteiger partial charge in [-0.3, -0.25) is 4.79 Å². The zero-order valence-electron chi connectivity index (χ0n) is 17.2. The van der Waals surface area contributed by atoms with Crippen LogP contribution in [0.25, 0.3) is 0 Å². The van der Waals surface area contributed by atoms with Gasteiger partial charge in [0.1, 0.15) is 23.9 Å². The molecule has 4 aliphatic rings. The zero-order valence-corrected chi connectivity index (χ0v) is 17.2. The molecular formula is C22H30O6. The van der Waals surface area contributed by atoms with Gasteiger partial charge in [-0.15, -0.1) is 0 Å². The van der Waals surface area contributed by atoms with Crippen molar-refractivity contribution >= 4 is 11.9 Å². The molecule has 2 bridgehead atoms. The minimum absolute atomic E-state index is 0.0839. The first-order valence-corrected chi connectivity index (χ1v) is 9.95. The number of ether oxygens (including phenoxy) is 2. The van der Waals surface area contributed by atoms with Gasteiger partial charge in [0.05, 0.1) is 0 Å². The molecule has 6 nitrogen and oxygen atoms in total. The number of carbonyl (C=O) groups is 2. The van der Waals surface area contributed by atoms with Crippen molar-refractivity contribution < 1.29 is 28.8 Å². The lowest BCUT2D eigenvalue weighted by Crippen LogP contribution is -2.49. The summed E-state index contributed by atoms with van der Waals surface area (Å²) >= 11 is 0. The van der Waals surface area contributed by atoms with Crippen LogP contribution in [0, 0.1) is 5.92 Å². The Bertz CT molecular complexity index is 711. The van der Waals surface area contributed by atoms with Crippen molar-refractivity contribution in [1.82, 2.24) is 0 Å². The number of carbonyl (C=O) groups excluding carboxylic acids is 2. The standard InChI is InChI=1S/C22H30O6/c1-13-6-9-20(25-16(4)23)22(5)11-10-18(27-28-22)14(2)7-8-17-15(3)21(24)26-19(17)12-13/h7,12,17-20H,3,6,8-11H2,1-2,4-5H3/b13-12-,14-7-/t17-,18-,19-,20-,22+/m1/s1. The Morgan fingerprint density at radius 3 is 2.71 bits per heavy atom. The first kappa shape index (κ1) is 20.8. The molecule has 3 aliphatic heterocycles. The number of esters is 2. The molecule has 0 radical (unpaired) electrons. The predicted molar refractivity (Wildman–Crippen MR) is 103 cm³/mol. The van der Waals surface area contributed by atoms with Gasteiger partial charge in [-0.05, 0) is 64.5 Å². The molecule has 3 heterocycles. The average Bonchev–Trinajstić information content (AvgIpc) is 2.89. The quantitative estimate of drug-likeness (QED) is 0.292. The average molecular weight is 390 g/mol. The molecule has 6 heteroatoms. The van der Waals surface area contributed by atoms with Crippen LogP contribution in [0.3, 0.4) is 0 Å². The molecule has 2 fully saturated rings. The summed E-state index contributed by atoms with van der Waals surface area (Å²) < 4.78 is 11.1. The van der Waals surface area contributed by atoms with Gasteiger partial charge in [0.25, 0.3) is 0 Å². The summed E-state index contributed by atoms with van der Waals surface area (Å²) in [6, 6.07) is 0. The second kappa shape index (κ2) is 8.21. The molecule has 154 valence electrons. The third kappa shape index (κ3) is 4.39. The maximum absolute atomic E-state index is 12.0. The summed E-state index contributed by atoms with van der Waals surface area (Å²) in [4.78, 5) is 35.2. The SMILES string of the molecule is C=C1C(=O)O[C@@H]2/C=C(/C)CC[C@@H](OC(C)=O)[C@]3(C)CC[C@@H](OO3)/C(C)=C\C[C@H]12. The Hall–Kier alpha value is -1.92. The molecule has 0 aromatic heterocycles. The van der Waals surface area contributed by atoms with Crippen LogP contribution in [0.5, 0.6) is 0 Å². The molecule has 0 unspecified atom stereocenters. The van der Waals surface area contributed by atoms with E-state index in [1.165, 1.54) is 6.92 Å². The highest BCUT2D eigenvalue weighted by molar-refractivity contribution is 5.91. The van der Waals surface area contributed by atoms with Gasteiger partial charge >= 0.3 is 11.9 Å². The lowest BCUT2D eigenvalue weighted by molar-refractivity contribution is -0.412. The molecule has 0 spiro atoms. The fraction of sp³-hybridized carbons (Fsp3) is 0.636. The first-order valence-electron chi connectivity index (χ1n) is 9.95. The van der Waals surface area contributed by atoms with Gasteiger partial charge in [-0.1, -0.05) is 18.2 Å². The molecule has 0 aromatic carbocycles. The van der Waals surface area contributed by atoms with Crippen LogP contribution < -0.4 is 0 Å². The Morgan fingerprint density at radius 2 is 2.07 bits per heavy atom. The summed E-state index contributed by atoms with van der Waals surface area (Å²) in [6.45, 7) is 11.3. The molecule has 0 aromatic rings. The zero-order chi connectivity index (χ0) is 20.5. The molecule has 28 heavy (non-hydrogen) atoms. The Kier molecular flexibility index (Phi) is 6.10. The predicted octanol–water partition coefficient (Wildman–Crippen LogP) is 3.96. The number of allylic oxidation sites excluding steroid dienone is 2. The van der Waals surface area contributed by atoms with Crippen LogP contribution in [-0.4, -0.2) is 35.9 Å². The minimum Gasteiger partial charge on any atom is -0.459 e. The van der Waals surface area contributed by atoms with Gasteiger partial charge in [-0.2, -0.15) is 0 Å². The molecule has 2 saturated heterocycles. The summed E-state index contributed by atoms with van der Waals surface area (Å²) in [6.07, 6.45) is 6.66. The lowest BCUT2D eigenvalue weighted by atomic mass is 9.85. The molecule has 5 atom stereocenters. The van der Waals surface area contributed by atoms with E-state index in [-0.39, 0.29) is 30.1 Å². The highest BCUT2D eigenvalue weighted by Gasteiger charge is 2.44. The lowest BCUT2D eigenvalue weighted by Gasteiger charge is -2.41. The second-order valence-corrected chi connectivity index (χ2v) is 8.35. The maximum atomic E-state index is 12.0. The van der Waals surface area contributed by atoms with Crippen LogP contribution in [-0.2, 0) is 28.8 Å². The Balaban J connectivity index is 1.91. The molecular weight excluding hydrogens is 360 g/mol. The van der Waals surface area contributed by atoms with Crippen molar-refractivity contribution in [2.75, 3.05) is 0 Å². The van der Waals surface area contributed by atoms with Crippen molar-refractivity contribution in [3.05, 3.63) is 35.5 Å². The van der Waals surface area contributed by atoms with E-state index in [2.05, 4.69) is 12.7 Å². The van der Waals surface area contributed by atoms with Crippen LogP contribution >= 0.6 is 0 Å². The normalized spacial score (nSPS) is 40.4. The summed E-state index contributed by atoms with van der Waals surface area (Å²) in [5.74, 6) is -0.753. The summed E-state index contributed by atoms with van der Waals surface area (Å²) in [5.41, 5.74) is 1.94. The van der Waals surface area contributed by atoms with Crippen molar-refractivity contribution in [2.45, 2.75) is 83.7 Å².